The van der Waals surface area contributed by atoms with E-state index in [1.165, 1.54) is 7.11 Å². The first-order valence-corrected chi connectivity index (χ1v) is 8.51. The lowest BCUT2D eigenvalue weighted by Crippen LogP contribution is -2.37. The molecular weight excluding hydrogens is 320 g/mol. The summed E-state index contributed by atoms with van der Waals surface area (Å²) in [5, 5.41) is 0.898. The Morgan fingerprint density at radius 2 is 1.83 bits per heavy atom. The molecule has 0 saturated heterocycles. The van der Waals surface area contributed by atoms with E-state index >= 15 is 0 Å². The van der Waals surface area contributed by atoms with Crippen molar-refractivity contribution in [1.29, 1.82) is 0 Å². The molecule has 0 amide bonds. The zero-order valence-corrected chi connectivity index (χ0v) is 14.2. The van der Waals surface area contributed by atoms with Crippen molar-refractivity contribution in [3.8, 4) is 0 Å². The van der Waals surface area contributed by atoms with Gasteiger partial charge >= 0.3 is 5.97 Å². The van der Waals surface area contributed by atoms with E-state index in [9.17, 15) is 4.79 Å². The summed E-state index contributed by atoms with van der Waals surface area (Å²) in [6, 6.07) is 18.0. The Balaban J connectivity index is 1.94. The molecule has 0 radical (unpaired) electrons. The molecule has 0 spiro atoms. The molecule has 0 aromatic heterocycles. The molecule has 24 heavy (non-hydrogen) atoms. The van der Waals surface area contributed by atoms with Crippen LogP contribution in [0.2, 0.25) is 0 Å². The van der Waals surface area contributed by atoms with E-state index in [2.05, 4.69) is 22.0 Å². The number of anilines is 1. The van der Waals surface area contributed by atoms with Crippen LogP contribution in [-0.4, -0.2) is 18.2 Å². The van der Waals surface area contributed by atoms with Crippen molar-refractivity contribution >= 4 is 28.6 Å². The normalized spacial score (nSPS) is 18.8. The molecular formula is C19H16N2O2S. The molecule has 0 saturated carbocycles. The minimum absolute atomic E-state index is 0.234. The van der Waals surface area contributed by atoms with Crippen LogP contribution >= 0.6 is 11.8 Å². The third-order valence-electron chi connectivity index (χ3n) is 4.24. The molecule has 0 N–H and O–H groups in total. The molecule has 120 valence electrons. The van der Waals surface area contributed by atoms with Gasteiger partial charge in [-0.1, -0.05) is 42.5 Å². The van der Waals surface area contributed by atoms with Gasteiger partial charge in [0, 0.05) is 4.90 Å². The highest BCUT2D eigenvalue weighted by Crippen LogP contribution is 2.49. The number of thioether (sulfide) groups is 1. The number of methoxy groups -OCH3 is 1. The number of ether oxygens (including phenoxy) is 1. The van der Waals surface area contributed by atoms with Crippen LogP contribution in [0.4, 0.5) is 5.69 Å². The Hall–Kier alpha value is -2.53. The zero-order chi connectivity index (χ0) is 16.7. The average Bonchev–Trinajstić information content (AvgIpc) is 2.98. The fourth-order valence-corrected chi connectivity index (χ4v) is 4.27. The van der Waals surface area contributed by atoms with E-state index in [1.54, 1.807) is 11.8 Å². The second-order valence-corrected chi connectivity index (χ2v) is 6.65. The van der Waals surface area contributed by atoms with Crippen molar-refractivity contribution in [3.63, 3.8) is 0 Å². The predicted molar refractivity (Wildman–Crippen MR) is 96.1 cm³/mol. The number of amidine groups is 1. The maximum absolute atomic E-state index is 12.5. The van der Waals surface area contributed by atoms with Crippen LogP contribution in [0, 0.1) is 0 Å². The van der Waals surface area contributed by atoms with Crippen molar-refractivity contribution in [3.05, 3.63) is 71.4 Å². The van der Waals surface area contributed by atoms with Gasteiger partial charge in [0.25, 0.3) is 0 Å². The highest BCUT2D eigenvalue weighted by Gasteiger charge is 2.41. The molecule has 2 heterocycles. The van der Waals surface area contributed by atoms with Crippen molar-refractivity contribution in [2.45, 2.75) is 17.9 Å². The van der Waals surface area contributed by atoms with Gasteiger partial charge in [0.2, 0.25) is 0 Å². The Morgan fingerprint density at radius 3 is 2.58 bits per heavy atom. The molecule has 0 fully saturated rings. The van der Waals surface area contributed by atoms with E-state index in [1.807, 2.05) is 49.4 Å². The molecule has 2 aliphatic rings. The first-order valence-electron chi connectivity index (χ1n) is 7.69. The number of rotatable bonds is 2. The smallest absolute Gasteiger partial charge is 0.338 e. The van der Waals surface area contributed by atoms with Crippen molar-refractivity contribution in [1.82, 2.24) is 0 Å². The van der Waals surface area contributed by atoms with Gasteiger partial charge in [0.1, 0.15) is 0 Å². The van der Waals surface area contributed by atoms with Crippen LogP contribution in [0.15, 0.2) is 75.8 Å². The minimum atomic E-state index is -0.335. The number of esters is 1. The predicted octanol–water partition coefficient (Wildman–Crippen LogP) is 4.16. The maximum atomic E-state index is 12.5. The molecule has 5 heteroatoms. The van der Waals surface area contributed by atoms with E-state index in [4.69, 9.17) is 4.74 Å². The quantitative estimate of drug-likeness (QED) is 0.773. The number of para-hydroxylation sites is 1. The zero-order valence-electron chi connectivity index (χ0n) is 13.4. The van der Waals surface area contributed by atoms with E-state index < -0.39 is 0 Å². The van der Waals surface area contributed by atoms with Gasteiger partial charge in [-0.3, -0.25) is 0 Å². The molecule has 1 unspecified atom stereocenters. The number of carbonyl (C=O) groups excluding carboxylic acids is 1. The minimum Gasteiger partial charge on any atom is -0.466 e. The number of hydrogen-bond donors (Lipinski definition) is 0. The third-order valence-corrected chi connectivity index (χ3v) is 5.27. The summed E-state index contributed by atoms with van der Waals surface area (Å²) in [6.07, 6.45) is 0. The van der Waals surface area contributed by atoms with Crippen molar-refractivity contribution in [2.24, 2.45) is 4.99 Å². The number of benzene rings is 2. The fraction of sp³-hybridized carbons (Fsp3) is 0.158. The number of hydrogen-bond acceptors (Lipinski definition) is 5. The standard InChI is InChI=1S/C19H16N2O2S/c1-12-16(18(22)23-2)17(13-8-4-3-5-9-13)21-14-10-6-7-11-15(14)24-19(21)20-12/h3-11,17H,1-2H3. The van der Waals surface area contributed by atoms with E-state index in [-0.39, 0.29) is 12.0 Å². The topological polar surface area (TPSA) is 41.9 Å². The van der Waals surface area contributed by atoms with Gasteiger partial charge in [-0.15, -0.1) is 0 Å². The van der Waals surface area contributed by atoms with Gasteiger partial charge < -0.3 is 9.64 Å². The first kappa shape index (κ1) is 15.0. The van der Waals surface area contributed by atoms with Crippen LogP contribution in [-0.2, 0) is 9.53 Å². The van der Waals surface area contributed by atoms with Gasteiger partial charge in [0.15, 0.2) is 5.17 Å². The molecule has 4 rings (SSSR count). The Kier molecular flexibility index (Phi) is 3.65. The van der Waals surface area contributed by atoms with Gasteiger partial charge in [-0.25, -0.2) is 9.79 Å². The third kappa shape index (κ3) is 2.24. The fourth-order valence-electron chi connectivity index (χ4n) is 3.17. The Morgan fingerprint density at radius 1 is 1.12 bits per heavy atom. The lowest BCUT2D eigenvalue weighted by atomic mass is 9.94. The van der Waals surface area contributed by atoms with Crippen molar-refractivity contribution < 1.29 is 9.53 Å². The second kappa shape index (κ2) is 5.83. The number of allylic oxidation sites excluding steroid dienone is 1. The monoisotopic (exact) mass is 336 g/mol. The molecule has 2 aromatic carbocycles. The molecule has 0 bridgehead atoms. The SMILES string of the molecule is COC(=O)C1=C(C)N=C2Sc3ccccc3N2C1c1ccccc1. The Labute approximate surface area is 144 Å². The van der Waals surface area contributed by atoms with Crippen molar-refractivity contribution in [2.75, 3.05) is 12.0 Å². The summed E-state index contributed by atoms with van der Waals surface area (Å²) in [7, 11) is 1.41. The average molecular weight is 336 g/mol. The summed E-state index contributed by atoms with van der Waals surface area (Å²) in [5.74, 6) is -0.335. The second-order valence-electron chi connectivity index (χ2n) is 5.64. The highest BCUT2D eigenvalue weighted by molar-refractivity contribution is 8.14. The van der Waals surface area contributed by atoms with Gasteiger partial charge in [-0.2, -0.15) is 0 Å². The largest absolute Gasteiger partial charge is 0.466 e. The summed E-state index contributed by atoms with van der Waals surface area (Å²) in [6.45, 7) is 1.87. The molecule has 2 aromatic rings. The lowest BCUT2D eigenvalue weighted by molar-refractivity contribution is -0.136. The number of fused-ring (bicyclic) bond motifs is 3. The van der Waals surface area contributed by atoms with Crippen LogP contribution in [0.3, 0.4) is 0 Å². The summed E-state index contributed by atoms with van der Waals surface area (Å²) in [4.78, 5) is 20.4. The van der Waals surface area contributed by atoms with Crippen LogP contribution < -0.4 is 4.90 Å². The summed E-state index contributed by atoms with van der Waals surface area (Å²) < 4.78 is 5.05. The molecule has 1 atom stereocenters. The Bertz CT molecular complexity index is 874. The van der Waals surface area contributed by atoms with Gasteiger partial charge in [-0.05, 0) is 36.4 Å². The molecule has 2 aliphatic heterocycles. The van der Waals surface area contributed by atoms with E-state index in [0.717, 1.165) is 21.3 Å². The van der Waals surface area contributed by atoms with E-state index in [0.29, 0.717) is 11.3 Å². The first-order chi connectivity index (χ1) is 11.7. The summed E-state index contributed by atoms with van der Waals surface area (Å²) in [5.41, 5.74) is 3.41. The highest BCUT2D eigenvalue weighted by atomic mass is 32.2. The van der Waals surface area contributed by atoms with Crippen LogP contribution in [0.5, 0.6) is 0 Å². The maximum Gasteiger partial charge on any atom is 0.338 e. The summed E-state index contributed by atoms with van der Waals surface area (Å²) >= 11 is 1.63. The van der Waals surface area contributed by atoms with Crippen LogP contribution in [0.25, 0.3) is 0 Å². The van der Waals surface area contributed by atoms with Gasteiger partial charge in [0.05, 0.1) is 30.1 Å². The number of nitrogens with zero attached hydrogens (tertiary/aromatic N) is 2. The number of carbonyl (C=O) groups is 1. The lowest BCUT2D eigenvalue weighted by Gasteiger charge is -2.34. The molecule has 0 aliphatic carbocycles. The number of aliphatic imine (C=N–C) groups is 1. The van der Waals surface area contributed by atoms with Crippen LogP contribution in [0.1, 0.15) is 18.5 Å². The molecule has 4 nitrogen and oxygen atoms in total.